The molecular formula is C20H19FN2O4. The molecule has 27 heavy (non-hydrogen) atoms. The second-order valence-corrected chi connectivity index (χ2v) is 6.11. The molecule has 0 aliphatic carbocycles. The summed E-state index contributed by atoms with van der Waals surface area (Å²) in [4.78, 5) is 23.9. The van der Waals surface area contributed by atoms with E-state index in [-0.39, 0.29) is 29.6 Å². The number of halogens is 1. The predicted octanol–water partition coefficient (Wildman–Crippen LogP) is 3.86. The second kappa shape index (κ2) is 7.49. The van der Waals surface area contributed by atoms with Gasteiger partial charge in [-0.25, -0.2) is 4.39 Å². The van der Waals surface area contributed by atoms with Crippen LogP contribution < -0.4 is 10.6 Å². The van der Waals surface area contributed by atoms with Crippen molar-refractivity contribution in [2.24, 2.45) is 0 Å². The van der Waals surface area contributed by atoms with Crippen LogP contribution in [0.25, 0.3) is 11.0 Å². The fraction of sp³-hybridized carbons (Fsp3) is 0.200. The quantitative estimate of drug-likeness (QED) is 0.595. The number of hydrogen-bond donors (Lipinski definition) is 3. The van der Waals surface area contributed by atoms with Crippen molar-refractivity contribution in [2.75, 3.05) is 5.32 Å². The Kier molecular flexibility index (Phi) is 5.12. The van der Waals surface area contributed by atoms with Crippen LogP contribution in [0.5, 0.6) is 5.75 Å². The van der Waals surface area contributed by atoms with Gasteiger partial charge in [-0.1, -0.05) is 6.92 Å². The first-order valence-electron chi connectivity index (χ1n) is 8.47. The van der Waals surface area contributed by atoms with Crippen molar-refractivity contribution in [1.29, 1.82) is 0 Å². The Hall–Kier alpha value is -3.35. The summed E-state index contributed by atoms with van der Waals surface area (Å²) in [5, 5.41) is 15.9. The first-order chi connectivity index (χ1) is 12.9. The monoisotopic (exact) mass is 370 g/mol. The normalized spacial score (nSPS) is 10.8. The Balaban J connectivity index is 1.77. The van der Waals surface area contributed by atoms with Crippen LogP contribution in [0.2, 0.25) is 0 Å². The molecule has 0 saturated carbocycles. The molecule has 0 aliphatic rings. The number of hydrogen-bond acceptors (Lipinski definition) is 4. The van der Waals surface area contributed by atoms with Crippen LogP contribution in [0.3, 0.4) is 0 Å². The minimum absolute atomic E-state index is 0.0312. The standard InChI is InChI=1S/C20H19FN2O4/c1-3-19(25)23-13-5-6-16(24)15(9-13)20(26)22-10-18-11(2)14-8-12(21)4-7-17(14)27-18/h4-9,24H,3,10H2,1-2H3,(H,22,26)(H,23,25). The lowest BCUT2D eigenvalue weighted by atomic mass is 10.1. The van der Waals surface area contributed by atoms with Crippen molar-refractivity contribution in [3.8, 4) is 5.75 Å². The summed E-state index contributed by atoms with van der Waals surface area (Å²) in [7, 11) is 0. The predicted molar refractivity (Wildman–Crippen MR) is 99.1 cm³/mol. The fourth-order valence-electron chi connectivity index (χ4n) is 2.71. The molecule has 2 aromatic carbocycles. The number of phenols is 1. The number of nitrogens with one attached hydrogen (secondary N) is 2. The highest BCUT2D eigenvalue weighted by molar-refractivity contribution is 5.99. The summed E-state index contributed by atoms with van der Waals surface area (Å²) >= 11 is 0. The lowest BCUT2D eigenvalue weighted by molar-refractivity contribution is -0.115. The third-order valence-corrected chi connectivity index (χ3v) is 4.25. The van der Waals surface area contributed by atoms with Crippen molar-refractivity contribution in [1.82, 2.24) is 5.32 Å². The van der Waals surface area contributed by atoms with Gasteiger partial charge in [0.1, 0.15) is 22.9 Å². The van der Waals surface area contributed by atoms with E-state index in [0.717, 1.165) is 5.56 Å². The molecule has 3 N–H and O–H groups in total. The van der Waals surface area contributed by atoms with E-state index in [9.17, 15) is 19.1 Å². The Morgan fingerprint density at radius 1 is 1.19 bits per heavy atom. The molecule has 0 fully saturated rings. The molecule has 0 bridgehead atoms. The zero-order valence-electron chi connectivity index (χ0n) is 14.9. The molecule has 6 nitrogen and oxygen atoms in total. The summed E-state index contributed by atoms with van der Waals surface area (Å²) in [6.07, 6.45) is 0.300. The van der Waals surface area contributed by atoms with E-state index in [1.807, 2.05) is 0 Å². The van der Waals surface area contributed by atoms with Gasteiger partial charge in [-0.15, -0.1) is 0 Å². The van der Waals surface area contributed by atoms with Crippen molar-refractivity contribution in [2.45, 2.75) is 26.8 Å². The smallest absolute Gasteiger partial charge is 0.255 e. The molecule has 1 aromatic heterocycles. The summed E-state index contributed by atoms with van der Waals surface area (Å²) in [5.41, 5.74) is 1.71. The van der Waals surface area contributed by atoms with Crippen molar-refractivity contribution in [3.63, 3.8) is 0 Å². The number of aryl methyl sites for hydroxylation is 1. The topological polar surface area (TPSA) is 91.6 Å². The molecule has 0 aliphatic heterocycles. The number of carbonyl (C=O) groups excluding carboxylic acids is 2. The van der Waals surface area contributed by atoms with Crippen LogP contribution >= 0.6 is 0 Å². The van der Waals surface area contributed by atoms with Crippen LogP contribution in [0, 0.1) is 12.7 Å². The number of rotatable bonds is 5. The number of benzene rings is 2. The summed E-state index contributed by atoms with van der Waals surface area (Å²) in [6, 6.07) is 8.48. The van der Waals surface area contributed by atoms with Crippen molar-refractivity contribution < 1.29 is 23.5 Å². The third kappa shape index (κ3) is 3.92. The molecule has 1 heterocycles. The van der Waals surface area contributed by atoms with E-state index in [1.165, 1.54) is 36.4 Å². The molecule has 3 aromatic rings. The Labute approximate surface area is 155 Å². The highest BCUT2D eigenvalue weighted by Crippen LogP contribution is 2.26. The maximum Gasteiger partial charge on any atom is 0.255 e. The number of carbonyl (C=O) groups is 2. The lowest BCUT2D eigenvalue weighted by Crippen LogP contribution is -2.23. The number of aromatic hydroxyl groups is 1. The van der Waals surface area contributed by atoms with Gasteiger partial charge in [0.15, 0.2) is 0 Å². The Bertz CT molecular complexity index is 1030. The maximum atomic E-state index is 13.4. The van der Waals surface area contributed by atoms with Gasteiger partial charge in [0, 0.05) is 23.1 Å². The molecular weight excluding hydrogens is 351 g/mol. The zero-order valence-corrected chi connectivity index (χ0v) is 14.9. The number of anilines is 1. The number of furan rings is 1. The van der Waals surface area contributed by atoms with E-state index < -0.39 is 5.91 Å². The van der Waals surface area contributed by atoms with E-state index in [2.05, 4.69) is 10.6 Å². The van der Waals surface area contributed by atoms with Crippen LogP contribution in [-0.2, 0) is 11.3 Å². The molecule has 3 rings (SSSR count). The molecule has 0 radical (unpaired) electrons. The summed E-state index contributed by atoms with van der Waals surface area (Å²) in [6.45, 7) is 3.57. The molecule has 0 atom stereocenters. The van der Waals surface area contributed by atoms with Gasteiger partial charge in [-0.2, -0.15) is 0 Å². The lowest BCUT2D eigenvalue weighted by Gasteiger charge is -2.09. The molecule has 140 valence electrons. The van der Waals surface area contributed by atoms with Crippen LogP contribution in [0.1, 0.15) is 35.0 Å². The number of fused-ring (bicyclic) bond motifs is 1. The first kappa shape index (κ1) is 18.4. The van der Waals surface area contributed by atoms with E-state index in [4.69, 9.17) is 4.42 Å². The second-order valence-electron chi connectivity index (χ2n) is 6.11. The highest BCUT2D eigenvalue weighted by atomic mass is 19.1. The van der Waals surface area contributed by atoms with Crippen LogP contribution in [0.15, 0.2) is 40.8 Å². The zero-order chi connectivity index (χ0) is 19.6. The SMILES string of the molecule is CCC(=O)Nc1ccc(O)c(C(=O)NCc2oc3ccc(F)cc3c2C)c1. The van der Waals surface area contributed by atoms with Gasteiger partial charge in [-0.3, -0.25) is 9.59 Å². The largest absolute Gasteiger partial charge is 0.507 e. The van der Waals surface area contributed by atoms with Gasteiger partial charge in [0.2, 0.25) is 5.91 Å². The Morgan fingerprint density at radius 3 is 2.70 bits per heavy atom. The highest BCUT2D eigenvalue weighted by Gasteiger charge is 2.16. The van der Waals surface area contributed by atoms with Crippen LogP contribution in [-0.4, -0.2) is 16.9 Å². The van der Waals surface area contributed by atoms with Crippen molar-refractivity contribution in [3.05, 3.63) is 59.1 Å². The van der Waals surface area contributed by atoms with Crippen LogP contribution in [0.4, 0.5) is 10.1 Å². The van der Waals surface area contributed by atoms with Gasteiger partial charge in [0.05, 0.1) is 12.1 Å². The van der Waals surface area contributed by atoms with Gasteiger partial charge >= 0.3 is 0 Å². The van der Waals surface area contributed by atoms with E-state index >= 15 is 0 Å². The first-order valence-corrected chi connectivity index (χ1v) is 8.47. The number of phenolic OH excluding ortho intramolecular Hbond substituents is 1. The number of amides is 2. The van der Waals surface area contributed by atoms with Gasteiger partial charge in [-0.05, 0) is 43.3 Å². The summed E-state index contributed by atoms with van der Waals surface area (Å²) in [5.74, 6) is -0.787. The summed E-state index contributed by atoms with van der Waals surface area (Å²) < 4.78 is 19.1. The van der Waals surface area contributed by atoms with E-state index in [0.29, 0.717) is 28.8 Å². The van der Waals surface area contributed by atoms with Gasteiger partial charge < -0.3 is 20.2 Å². The minimum atomic E-state index is -0.522. The van der Waals surface area contributed by atoms with Gasteiger partial charge in [0.25, 0.3) is 5.91 Å². The molecule has 2 amide bonds. The van der Waals surface area contributed by atoms with Crippen molar-refractivity contribution >= 4 is 28.5 Å². The minimum Gasteiger partial charge on any atom is -0.507 e. The fourth-order valence-corrected chi connectivity index (χ4v) is 2.71. The molecule has 7 heteroatoms. The third-order valence-electron chi connectivity index (χ3n) is 4.25. The molecule has 0 saturated heterocycles. The maximum absolute atomic E-state index is 13.4. The molecule has 0 spiro atoms. The van der Waals surface area contributed by atoms with E-state index in [1.54, 1.807) is 13.8 Å². The molecule has 0 unspecified atom stereocenters. The Morgan fingerprint density at radius 2 is 1.96 bits per heavy atom. The average Bonchev–Trinajstić information content (AvgIpc) is 2.96. The average molecular weight is 370 g/mol.